The Morgan fingerprint density at radius 2 is 0.871 bits per heavy atom. The molecule has 5 nitrogen and oxygen atoms in total. The third-order valence-electron chi connectivity index (χ3n) is 21.2. The zero-order chi connectivity index (χ0) is 69.6. The van der Waals surface area contributed by atoms with Crippen LogP contribution in [0.1, 0.15) is 106 Å². The molecule has 10 aromatic carbocycles. The van der Waals surface area contributed by atoms with Gasteiger partial charge in [-0.05, 0) is 196 Å². The van der Waals surface area contributed by atoms with E-state index in [1.165, 1.54) is 168 Å². The predicted molar refractivity (Wildman–Crippen MR) is 404 cm³/mol. The van der Waals surface area contributed by atoms with Gasteiger partial charge in [0.15, 0.2) is 38.9 Å². The summed E-state index contributed by atoms with van der Waals surface area (Å²) in [7, 11) is 0. The van der Waals surface area contributed by atoms with Gasteiger partial charge in [0, 0.05) is 98.6 Å². The Balaban J connectivity index is 0.0000000981. The van der Waals surface area contributed by atoms with Crippen LogP contribution in [0.4, 0.5) is 13.2 Å². The second-order valence-electron chi connectivity index (χ2n) is 29.3. The SMILES string of the molecule is CC(C)c1ccc2cc[n+]3c(c2c1)-c1ccccc1C3.Cc1cc(C)c2c(c1)-c1ccc3c(F)cccc3[n+]1C2.Cc1cc(C)c2c(c1)-c1ccc3ccc(CC(C)C)cc3[n+]1C2.Cc1ccc2c(c1)-c1ccc3cc(F)ccc3[n+]1C2.Cc1ccc2c(c1)-c1ccc3ccc(F)cc3[n+]1C2. The zero-order valence-corrected chi connectivity index (χ0v) is 59.3. The normalized spacial score (nSPS) is 12.6. The van der Waals surface area contributed by atoms with Crippen molar-refractivity contribution >= 4 is 54.4 Å². The van der Waals surface area contributed by atoms with Crippen molar-refractivity contribution in [3.05, 3.63) is 326 Å². The Morgan fingerprint density at radius 3 is 1.52 bits per heavy atom. The smallest absolute Gasteiger partial charge is 0.207 e. The summed E-state index contributed by atoms with van der Waals surface area (Å²) in [6.45, 7) is 26.5. The molecular formula is C93H83F3N5+5. The number of hydrogen-bond donors (Lipinski definition) is 0. The van der Waals surface area contributed by atoms with Gasteiger partial charge in [0.2, 0.25) is 50.5 Å². The van der Waals surface area contributed by atoms with E-state index in [4.69, 9.17) is 0 Å². The monoisotopic (exact) mass is 1330 g/mol. The van der Waals surface area contributed by atoms with Gasteiger partial charge >= 0.3 is 0 Å². The lowest BCUT2D eigenvalue weighted by atomic mass is 9.97. The summed E-state index contributed by atoms with van der Waals surface area (Å²) in [4.78, 5) is 0. The Kier molecular flexibility index (Phi) is 16.6. The molecule has 0 saturated heterocycles. The zero-order valence-electron chi connectivity index (χ0n) is 59.3. The molecule has 0 saturated carbocycles. The van der Waals surface area contributed by atoms with E-state index in [0.717, 1.165) is 66.5 Å². The van der Waals surface area contributed by atoms with E-state index < -0.39 is 0 Å². The van der Waals surface area contributed by atoms with E-state index in [9.17, 15) is 13.2 Å². The number of hydrogen-bond acceptors (Lipinski definition) is 0. The lowest BCUT2D eigenvalue weighted by Gasteiger charge is -2.07. The van der Waals surface area contributed by atoms with Gasteiger partial charge in [-0.25, -0.2) is 13.2 Å². The number of pyridine rings is 5. The number of fused-ring (bicyclic) bond motifs is 25. The van der Waals surface area contributed by atoms with Crippen molar-refractivity contribution in [2.75, 3.05) is 0 Å². The molecule has 0 spiro atoms. The molecule has 0 radical (unpaired) electrons. The van der Waals surface area contributed by atoms with Crippen molar-refractivity contribution in [2.45, 2.75) is 114 Å². The molecule has 8 heteroatoms. The average Bonchev–Trinajstić information content (AvgIpc) is 1.67. The maximum atomic E-state index is 13.9. The minimum atomic E-state index is -0.181. The molecule has 0 atom stereocenters. The number of benzene rings is 10. The first kappa shape index (κ1) is 64.7. The third kappa shape index (κ3) is 12.0. The van der Waals surface area contributed by atoms with Gasteiger partial charge in [0.1, 0.15) is 17.5 Å². The molecule has 0 aliphatic carbocycles. The molecule has 0 bridgehead atoms. The van der Waals surface area contributed by atoms with E-state index in [1.807, 2.05) is 36.4 Å². The Morgan fingerprint density at radius 1 is 0.347 bits per heavy atom. The predicted octanol–water partition coefficient (Wildman–Crippen LogP) is 20.4. The number of rotatable bonds is 3. The molecule has 0 N–H and O–H groups in total. The van der Waals surface area contributed by atoms with E-state index in [-0.39, 0.29) is 17.5 Å². The second-order valence-corrected chi connectivity index (χ2v) is 29.3. The van der Waals surface area contributed by atoms with Gasteiger partial charge < -0.3 is 0 Å². The second kappa shape index (κ2) is 26.0. The summed E-state index contributed by atoms with van der Waals surface area (Å²) < 4.78 is 52.2. The number of halogens is 3. The lowest BCUT2D eigenvalue weighted by molar-refractivity contribution is -0.671. The minimum absolute atomic E-state index is 0.151. The molecule has 10 heterocycles. The van der Waals surface area contributed by atoms with E-state index in [1.54, 1.807) is 18.2 Å². The first-order chi connectivity index (χ1) is 48.9. The van der Waals surface area contributed by atoms with Crippen molar-refractivity contribution in [3.63, 3.8) is 0 Å². The van der Waals surface area contributed by atoms with Crippen molar-refractivity contribution < 1.29 is 36.0 Å². The quantitative estimate of drug-likeness (QED) is 0.157. The van der Waals surface area contributed by atoms with Crippen molar-refractivity contribution in [1.82, 2.24) is 0 Å². The Bertz CT molecular complexity index is 5920. The molecule has 496 valence electrons. The summed E-state index contributed by atoms with van der Waals surface area (Å²) in [5.41, 5.74) is 35.0. The van der Waals surface area contributed by atoms with Gasteiger partial charge in [-0.2, -0.15) is 22.8 Å². The maximum absolute atomic E-state index is 13.9. The number of nitrogens with zero attached hydrogens (tertiary/aromatic N) is 5. The van der Waals surface area contributed by atoms with Crippen LogP contribution in [0.5, 0.6) is 0 Å². The highest BCUT2D eigenvalue weighted by Gasteiger charge is 2.34. The summed E-state index contributed by atoms with van der Waals surface area (Å²) in [5, 5.41) is 6.77. The summed E-state index contributed by atoms with van der Waals surface area (Å²) in [6.07, 6.45) is 3.36. The van der Waals surface area contributed by atoms with Crippen LogP contribution in [0.2, 0.25) is 0 Å². The summed E-state index contributed by atoms with van der Waals surface area (Å²) in [6, 6.07) is 79.0. The molecule has 20 rings (SSSR count). The Hall–Kier alpha value is -11.0. The Labute approximate surface area is 590 Å². The first-order valence-electron chi connectivity index (χ1n) is 35.6. The van der Waals surface area contributed by atoms with Crippen LogP contribution in [-0.4, -0.2) is 0 Å². The van der Waals surface area contributed by atoms with Gasteiger partial charge in [-0.15, -0.1) is 0 Å². The van der Waals surface area contributed by atoms with Gasteiger partial charge in [-0.3, -0.25) is 0 Å². The number of aryl methyl sites for hydroxylation is 6. The highest BCUT2D eigenvalue weighted by atomic mass is 19.1. The molecule has 5 aliphatic rings. The fourth-order valence-electron chi connectivity index (χ4n) is 16.3. The van der Waals surface area contributed by atoms with Crippen LogP contribution < -0.4 is 22.8 Å². The molecular weight excluding hydrogens is 1240 g/mol. The average molecular weight is 1330 g/mol. The van der Waals surface area contributed by atoms with Crippen LogP contribution in [0, 0.1) is 64.9 Å². The molecule has 0 fully saturated rings. The van der Waals surface area contributed by atoms with Gasteiger partial charge in [0.05, 0.1) is 38.6 Å². The summed E-state index contributed by atoms with van der Waals surface area (Å²) in [5.74, 6) is 0.745. The maximum Gasteiger partial charge on any atom is 0.221 e. The van der Waals surface area contributed by atoms with Crippen LogP contribution in [0.3, 0.4) is 0 Å². The fraction of sp³-hybridized carbons (Fsp3) is 0.194. The molecule has 101 heavy (non-hydrogen) atoms. The minimum Gasteiger partial charge on any atom is -0.207 e. The molecule has 0 unspecified atom stereocenters. The van der Waals surface area contributed by atoms with Crippen LogP contribution in [-0.2, 0) is 39.1 Å². The van der Waals surface area contributed by atoms with Crippen molar-refractivity contribution in [1.29, 1.82) is 0 Å². The largest absolute Gasteiger partial charge is 0.221 e. The molecule has 5 aliphatic heterocycles. The fourth-order valence-corrected chi connectivity index (χ4v) is 16.3. The van der Waals surface area contributed by atoms with Crippen LogP contribution in [0.25, 0.3) is 111 Å². The molecule has 0 amide bonds. The first-order valence-corrected chi connectivity index (χ1v) is 35.6. The third-order valence-corrected chi connectivity index (χ3v) is 21.2. The van der Waals surface area contributed by atoms with Gasteiger partial charge in [-0.1, -0.05) is 118 Å². The number of aromatic nitrogens is 5. The molecule has 15 aromatic rings. The van der Waals surface area contributed by atoms with E-state index >= 15 is 0 Å². The van der Waals surface area contributed by atoms with E-state index in [0.29, 0.717) is 17.2 Å². The van der Waals surface area contributed by atoms with Gasteiger partial charge in [0.25, 0.3) is 0 Å². The van der Waals surface area contributed by atoms with Crippen molar-refractivity contribution in [3.8, 4) is 56.3 Å². The van der Waals surface area contributed by atoms with Crippen LogP contribution >= 0.6 is 0 Å². The molecule has 5 aromatic heterocycles. The lowest BCUT2D eigenvalue weighted by Crippen LogP contribution is -2.33. The van der Waals surface area contributed by atoms with Crippen molar-refractivity contribution in [2.24, 2.45) is 5.92 Å². The highest BCUT2D eigenvalue weighted by Crippen LogP contribution is 2.38. The summed E-state index contributed by atoms with van der Waals surface area (Å²) >= 11 is 0. The highest BCUT2D eigenvalue weighted by molar-refractivity contribution is 5.95. The topological polar surface area (TPSA) is 19.4 Å². The van der Waals surface area contributed by atoms with Crippen LogP contribution in [0.15, 0.2) is 237 Å². The standard InChI is InChI=1S/C22H24N.C19H18N.C18H15FN.2C17H13FN/c1-14(2)9-17-5-6-18-7-8-21-19-11-15(3)10-16(4)20(19)13-23(21)22(18)12-17;1-13(2)15-8-7-14-9-10-20-12-16-5-3-4-6-17(16)19(20)18(14)11-15;1-11-8-12(2)15-10-20-17-5-3-4-16(19)13(17)6-7-18(20)14(15)9-11;1-11-2-3-13-10-19-16-7-5-14(18)9-12(16)4-6-17(19)15(13)8-11;1-11-2-3-13-10-19-16(15(13)8-11)7-5-12-4-6-14(18)9-17(12)19/h5-8,10-12,14H,9,13H2,1-4H3;3-11,13H,12H2,1-2H3;3-9H,10H2,1-2H3;2*2-9H,10H2,1H3/q5*+1. The van der Waals surface area contributed by atoms with E-state index in [2.05, 4.69) is 256 Å².